The summed E-state index contributed by atoms with van der Waals surface area (Å²) in [5, 5.41) is 9.07. The number of hydrogen-bond acceptors (Lipinski definition) is 3. The zero-order valence-electron chi connectivity index (χ0n) is 12.2. The number of carboxylic acids is 1. The molecule has 0 unspecified atom stereocenters. The summed E-state index contributed by atoms with van der Waals surface area (Å²) < 4.78 is 5.73. The number of benzene rings is 2. The van der Waals surface area contributed by atoms with Crippen molar-refractivity contribution in [2.24, 2.45) is 0 Å². The van der Waals surface area contributed by atoms with Gasteiger partial charge in [0.15, 0.2) is 5.78 Å². The van der Waals surface area contributed by atoms with E-state index in [2.05, 4.69) is 0 Å². The Morgan fingerprint density at radius 1 is 1.05 bits per heavy atom. The number of carboxylic acid groups (broad SMARTS) is 1. The van der Waals surface area contributed by atoms with E-state index in [1.165, 1.54) is 13.0 Å². The topological polar surface area (TPSA) is 63.6 Å². The maximum absolute atomic E-state index is 11.4. The van der Waals surface area contributed by atoms with E-state index in [0.717, 1.165) is 5.56 Å². The zero-order chi connectivity index (χ0) is 15.9. The number of hydrogen-bond donors (Lipinski definition) is 1. The number of ether oxygens (including phenoxy) is 1. The molecule has 0 saturated heterocycles. The summed E-state index contributed by atoms with van der Waals surface area (Å²) in [4.78, 5) is 22.5. The minimum Gasteiger partial charge on any atom is -0.488 e. The molecule has 0 amide bonds. The van der Waals surface area contributed by atoms with E-state index in [9.17, 15) is 9.59 Å². The summed E-state index contributed by atoms with van der Waals surface area (Å²) in [6, 6.07) is 16.7. The van der Waals surface area contributed by atoms with E-state index in [1.54, 1.807) is 24.3 Å². The fraction of sp³-hybridized carbons (Fsp3) is 0.111. The van der Waals surface area contributed by atoms with Crippen LogP contribution < -0.4 is 4.74 Å². The van der Waals surface area contributed by atoms with Crippen LogP contribution in [0.1, 0.15) is 18.1 Å². The van der Waals surface area contributed by atoms with Crippen LogP contribution in [0.2, 0.25) is 0 Å². The van der Waals surface area contributed by atoms with Crippen molar-refractivity contribution in [3.05, 3.63) is 71.3 Å². The van der Waals surface area contributed by atoms with Gasteiger partial charge < -0.3 is 9.84 Å². The van der Waals surface area contributed by atoms with Gasteiger partial charge in [-0.15, -0.1) is 0 Å². The van der Waals surface area contributed by atoms with Gasteiger partial charge in [-0.3, -0.25) is 4.79 Å². The molecule has 0 spiro atoms. The normalized spacial score (nSPS) is 11.0. The quantitative estimate of drug-likeness (QED) is 0.504. The molecule has 0 bridgehead atoms. The van der Waals surface area contributed by atoms with Crippen LogP contribution in [-0.4, -0.2) is 16.9 Å². The number of carbonyl (C=O) groups excluding carboxylic acids is 1. The molecular weight excluding hydrogens is 280 g/mol. The van der Waals surface area contributed by atoms with E-state index in [4.69, 9.17) is 9.84 Å². The Morgan fingerprint density at radius 3 is 2.32 bits per heavy atom. The predicted molar refractivity (Wildman–Crippen MR) is 83.5 cm³/mol. The third-order valence-electron chi connectivity index (χ3n) is 3.07. The lowest BCUT2D eigenvalue weighted by Gasteiger charge is -2.09. The molecule has 4 nitrogen and oxygen atoms in total. The third-order valence-corrected chi connectivity index (χ3v) is 3.07. The fourth-order valence-corrected chi connectivity index (χ4v) is 1.94. The largest absolute Gasteiger partial charge is 0.488 e. The van der Waals surface area contributed by atoms with E-state index in [1.807, 2.05) is 30.3 Å². The van der Waals surface area contributed by atoms with Crippen LogP contribution in [0.4, 0.5) is 0 Å². The summed E-state index contributed by atoms with van der Waals surface area (Å²) >= 11 is 0. The molecule has 0 heterocycles. The Labute approximate surface area is 128 Å². The van der Waals surface area contributed by atoms with Gasteiger partial charge in [-0.25, -0.2) is 4.79 Å². The number of aliphatic carboxylic acids is 1. The molecule has 0 atom stereocenters. The van der Waals surface area contributed by atoms with Crippen LogP contribution in [0.5, 0.6) is 5.75 Å². The standard InChI is InChI=1S/C18H16O4/c1-13(19)16(18(20)21)11-15-9-5-6-10-17(15)22-12-14-7-3-2-4-8-14/h2-11H,12H2,1H3,(H,20,21). The first-order valence-corrected chi connectivity index (χ1v) is 6.79. The molecule has 22 heavy (non-hydrogen) atoms. The Kier molecular flexibility index (Phi) is 5.09. The number of Topliss-reactive ketones (excluding diaryl/α,β-unsaturated/α-hetero) is 1. The monoisotopic (exact) mass is 296 g/mol. The van der Waals surface area contributed by atoms with Gasteiger partial charge in [-0.2, -0.15) is 0 Å². The van der Waals surface area contributed by atoms with Gasteiger partial charge in [0.2, 0.25) is 0 Å². The molecular formula is C18H16O4. The van der Waals surface area contributed by atoms with Gasteiger partial charge in [0.05, 0.1) is 0 Å². The molecule has 0 aromatic heterocycles. The van der Waals surface area contributed by atoms with Gasteiger partial charge in [0.25, 0.3) is 0 Å². The van der Waals surface area contributed by atoms with Crippen molar-refractivity contribution in [3.8, 4) is 5.75 Å². The first-order valence-electron chi connectivity index (χ1n) is 6.79. The SMILES string of the molecule is CC(=O)C(=Cc1ccccc1OCc1ccccc1)C(=O)O. The highest BCUT2D eigenvalue weighted by Gasteiger charge is 2.14. The van der Waals surface area contributed by atoms with Crippen molar-refractivity contribution >= 4 is 17.8 Å². The van der Waals surface area contributed by atoms with Gasteiger partial charge in [0, 0.05) is 5.56 Å². The molecule has 0 saturated carbocycles. The second-order valence-electron chi connectivity index (χ2n) is 4.73. The number of ketones is 1. The van der Waals surface area contributed by atoms with E-state index in [0.29, 0.717) is 17.9 Å². The fourth-order valence-electron chi connectivity index (χ4n) is 1.94. The molecule has 2 aromatic rings. The Balaban J connectivity index is 2.25. The summed E-state index contributed by atoms with van der Waals surface area (Å²) in [6.07, 6.45) is 1.34. The Hall–Kier alpha value is -2.88. The van der Waals surface area contributed by atoms with Crippen molar-refractivity contribution in [2.75, 3.05) is 0 Å². The average molecular weight is 296 g/mol. The summed E-state index contributed by atoms with van der Waals surface area (Å²) in [5.74, 6) is -1.21. The molecule has 2 aromatic carbocycles. The van der Waals surface area contributed by atoms with Gasteiger partial charge in [0.1, 0.15) is 17.9 Å². The average Bonchev–Trinajstić information content (AvgIpc) is 2.52. The van der Waals surface area contributed by atoms with Crippen LogP contribution in [0, 0.1) is 0 Å². The first-order chi connectivity index (χ1) is 10.6. The summed E-state index contributed by atoms with van der Waals surface area (Å²) in [5.41, 5.74) is 1.30. The predicted octanol–water partition coefficient (Wildman–Crippen LogP) is 3.32. The second kappa shape index (κ2) is 7.22. The lowest BCUT2D eigenvalue weighted by Crippen LogP contribution is -2.08. The van der Waals surface area contributed by atoms with Crippen molar-refractivity contribution in [1.82, 2.24) is 0 Å². The maximum Gasteiger partial charge on any atom is 0.339 e. The Morgan fingerprint density at radius 2 is 1.68 bits per heavy atom. The summed E-state index contributed by atoms with van der Waals surface area (Å²) in [6.45, 7) is 1.60. The smallest absolute Gasteiger partial charge is 0.339 e. The number of para-hydroxylation sites is 1. The third kappa shape index (κ3) is 4.06. The van der Waals surface area contributed by atoms with Crippen LogP contribution in [-0.2, 0) is 16.2 Å². The molecule has 1 N–H and O–H groups in total. The molecule has 0 radical (unpaired) electrons. The zero-order valence-corrected chi connectivity index (χ0v) is 12.2. The highest BCUT2D eigenvalue weighted by molar-refractivity contribution is 6.19. The van der Waals surface area contributed by atoms with Crippen LogP contribution in [0.25, 0.3) is 6.08 Å². The van der Waals surface area contributed by atoms with Gasteiger partial charge >= 0.3 is 5.97 Å². The highest BCUT2D eigenvalue weighted by atomic mass is 16.5. The molecule has 0 aliphatic rings. The van der Waals surface area contributed by atoms with Gasteiger partial charge in [-0.05, 0) is 24.6 Å². The number of carbonyl (C=O) groups is 2. The van der Waals surface area contributed by atoms with Crippen LogP contribution in [0.15, 0.2) is 60.2 Å². The lowest BCUT2D eigenvalue weighted by molar-refractivity contribution is -0.134. The van der Waals surface area contributed by atoms with Crippen molar-refractivity contribution in [3.63, 3.8) is 0 Å². The molecule has 0 aliphatic carbocycles. The van der Waals surface area contributed by atoms with E-state index < -0.39 is 11.8 Å². The van der Waals surface area contributed by atoms with Crippen LogP contribution in [0.3, 0.4) is 0 Å². The molecule has 2 rings (SSSR count). The lowest BCUT2D eigenvalue weighted by atomic mass is 10.1. The summed E-state index contributed by atoms with van der Waals surface area (Å²) in [7, 11) is 0. The molecule has 4 heteroatoms. The van der Waals surface area contributed by atoms with Gasteiger partial charge in [-0.1, -0.05) is 48.5 Å². The van der Waals surface area contributed by atoms with E-state index >= 15 is 0 Å². The van der Waals surface area contributed by atoms with Crippen molar-refractivity contribution in [2.45, 2.75) is 13.5 Å². The van der Waals surface area contributed by atoms with Crippen molar-refractivity contribution in [1.29, 1.82) is 0 Å². The molecule has 112 valence electrons. The number of rotatable bonds is 6. The Bertz CT molecular complexity index is 686. The second-order valence-corrected chi connectivity index (χ2v) is 4.73. The minimum absolute atomic E-state index is 0.268. The first kappa shape index (κ1) is 15.5. The maximum atomic E-state index is 11.4. The molecule has 0 fully saturated rings. The molecule has 0 aliphatic heterocycles. The van der Waals surface area contributed by atoms with E-state index in [-0.39, 0.29) is 5.57 Å². The minimum atomic E-state index is -1.25. The van der Waals surface area contributed by atoms with Crippen molar-refractivity contribution < 1.29 is 19.4 Å². The highest BCUT2D eigenvalue weighted by Crippen LogP contribution is 2.22. The van der Waals surface area contributed by atoms with Crippen LogP contribution >= 0.6 is 0 Å².